The number of H-pyrrole nitrogens is 1. The number of fused-ring (bicyclic) bond motifs is 1. The molecule has 2 N–H and O–H groups in total. The highest BCUT2D eigenvalue weighted by Gasteiger charge is 2.09. The molecule has 7 nitrogen and oxygen atoms in total. The number of hydrogen-bond donors (Lipinski definition) is 2. The predicted molar refractivity (Wildman–Crippen MR) is 81.5 cm³/mol. The Morgan fingerprint density at radius 3 is 2.90 bits per heavy atom. The van der Waals surface area contributed by atoms with Gasteiger partial charge < -0.3 is 10.2 Å². The summed E-state index contributed by atoms with van der Waals surface area (Å²) in [5, 5.41) is 16.2. The first kappa shape index (κ1) is 13.5. The van der Waals surface area contributed by atoms with Gasteiger partial charge in [-0.15, -0.1) is 11.3 Å². The van der Waals surface area contributed by atoms with Crippen LogP contribution in [0.4, 0.5) is 5.13 Å². The van der Waals surface area contributed by atoms with Crippen LogP contribution in [0.1, 0.15) is 16.1 Å². The van der Waals surface area contributed by atoms with Gasteiger partial charge in [-0.05, 0) is 18.2 Å². The van der Waals surface area contributed by atoms with Gasteiger partial charge in [-0.3, -0.25) is 4.79 Å². The zero-order valence-corrected chi connectivity index (χ0v) is 12.4. The summed E-state index contributed by atoms with van der Waals surface area (Å²) in [7, 11) is 3.88. The first-order chi connectivity index (χ1) is 10.1. The normalized spacial score (nSPS) is 10.8. The topological polar surface area (TPSA) is 86.8 Å². The number of thiazole rings is 1. The molecule has 1 amide bonds. The van der Waals surface area contributed by atoms with E-state index in [0.29, 0.717) is 17.6 Å². The van der Waals surface area contributed by atoms with Crippen molar-refractivity contribution in [2.24, 2.45) is 0 Å². The van der Waals surface area contributed by atoms with Crippen LogP contribution in [0.5, 0.6) is 0 Å². The van der Waals surface area contributed by atoms with Crippen molar-refractivity contribution in [3.8, 4) is 0 Å². The monoisotopic (exact) mass is 302 g/mol. The second kappa shape index (κ2) is 5.49. The number of nitrogens with one attached hydrogen (secondary N) is 2. The summed E-state index contributed by atoms with van der Waals surface area (Å²) in [6.07, 6.45) is 0. The Morgan fingerprint density at radius 1 is 1.33 bits per heavy atom. The van der Waals surface area contributed by atoms with Crippen LogP contribution in [0.2, 0.25) is 0 Å². The van der Waals surface area contributed by atoms with Gasteiger partial charge in [0.2, 0.25) is 0 Å². The van der Waals surface area contributed by atoms with Crippen molar-refractivity contribution in [3.63, 3.8) is 0 Å². The first-order valence-electron chi connectivity index (χ1n) is 6.34. The van der Waals surface area contributed by atoms with E-state index in [2.05, 4.69) is 25.7 Å². The summed E-state index contributed by atoms with van der Waals surface area (Å²) in [5.74, 6) is -0.153. The van der Waals surface area contributed by atoms with Gasteiger partial charge in [-0.2, -0.15) is 15.4 Å². The van der Waals surface area contributed by atoms with Crippen LogP contribution in [0.3, 0.4) is 0 Å². The van der Waals surface area contributed by atoms with Gasteiger partial charge in [0.15, 0.2) is 5.13 Å². The average Bonchev–Trinajstić information content (AvgIpc) is 3.12. The molecule has 0 fully saturated rings. The molecule has 0 atom stereocenters. The fraction of sp³-hybridized carbons (Fsp3) is 0.231. The number of nitrogens with zero attached hydrogens (tertiary/aromatic N) is 4. The van der Waals surface area contributed by atoms with E-state index in [0.717, 1.165) is 16.3 Å². The van der Waals surface area contributed by atoms with Crippen LogP contribution in [-0.2, 0) is 6.54 Å². The molecule has 0 radical (unpaired) electrons. The summed E-state index contributed by atoms with van der Waals surface area (Å²) in [4.78, 5) is 18.5. The summed E-state index contributed by atoms with van der Waals surface area (Å²) in [5.41, 5.74) is 2.81. The molecule has 0 saturated carbocycles. The van der Waals surface area contributed by atoms with Gasteiger partial charge in [-0.25, -0.2) is 4.98 Å². The van der Waals surface area contributed by atoms with Gasteiger partial charge >= 0.3 is 0 Å². The molecular formula is C13H14N6OS. The number of aromatic nitrogens is 4. The van der Waals surface area contributed by atoms with Gasteiger partial charge in [0.1, 0.15) is 11.0 Å². The Morgan fingerprint density at radius 2 is 2.14 bits per heavy atom. The Bertz CT molecular complexity index is 778. The van der Waals surface area contributed by atoms with Crippen LogP contribution >= 0.6 is 11.3 Å². The van der Waals surface area contributed by atoms with E-state index < -0.39 is 0 Å². The van der Waals surface area contributed by atoms with Crippen LogP contribution < -0.4 is 10.2 Å². The summed E-state index contributed by atoms with van der Waals surface area (Å²) in [6.45, 7) is 0.403. The van der Waals surface area contributed by atoms with E-state index in [9.17, 15) is 4.79 Å². The highest BCUT2D eigenvalue weighted by Crippen LogP contribution is 2.17. The first-order valence-corrected chi connectivity index (χ1v) is 7.22. The Kier molecular flexibility index (Phi) is 3.53. The fourth-order valence-corrected chi connectivity index (χ4v) is 2.60. The lowest BCUT2D eigenvalue weighted by atomic mass is 10.2. The molecule has 2 aromatic heterocycles. The van der Waals surface area contributed by atoms with E-state index in [4.69, 9.17) is 0 Å². The SMILES string of the molecule is CN(C)c1nc(CNC(=O)c2ccc3n[nH]nc3c2)cs1. The highest BCUT2D eigenvalue weighted by molar-refractivity contribution is 7.13. The maximum atomic E-state index is 12.1. The molecule has 0 saturated heterocycles. The summed E-state index contributed by atoms with van der Waals surface area (Å²) >= 11 is 1.55. The Balaban J connectivity index is 1.67. The fourth-order valence-electron chi connectivity index (χ4n) is 1.84. The average molecular weight is 302 g/mol. The predicted octanol–water partition coefficient (Wildman–Crippen LogP) is 1.41. The number of amides is 1. The molecule has 3 rings (SSSR count). The zero-order chi connectivity index (χ0) is 14.8. The molecule has 0 aliphatic carbocycles. The molecule has 2 heterocycles. The van der Waals surface area contributed by atoms with Crippen molar-refractivity contribution >= 4 is 33.4 Å². The van der Waals surface area contributed by atoms with Crippen LogP contribution in [0.25, 0.3) is 11.0 Å². The number of hydrogen-bond acceptors (Lipinski definition) is 6. The lowest BCUT2D eigenvalue weighted by Crippen LogP contribution is -2.23. The molecule has 0 unspecified atom stereocenters. The highest BCUT2D eigenvalue weighted by atomic mass is 32.1. The smallest absolute Gasteiger partial charge is 0.251 e. The number of anilines is 1. The van der Waals surface area contributed by atoms with Gasteiger partial charge in [0.05, 0.1) is 12.2 Å². The summed E-state index contributed by atoms with van der Waals surface area (Å²) in [6, 6.07) is 5.20. The number of aromatic amines is 1. The minimum Gasteiger partial charge on any atom is -0.354 e. The van der Waals surface area contributed by atoms with Gasteiger partial charge in [-0.1, -0.05) is 0 Å². The molecule has 0 spiro atoms. The van der Waals surface area contributed by atoms with Crippen molar-refractivity contribution in [1.29, 1.82) is 0 Å². The lowest BCUT2D eigenvalue weighted by molar-refractivity contribution is 0.0950. The third-order valence-corrected chi connectivity index (χ3v) is 3.99. The molecule has 0 bridgehead atoms. The lowest BCUT2D eigenvalue weighted by Gasteiger charge is -2.06. The van der Waals surface area contributed by atoms with Crippen molar-refractivity contribution in [1.82, 2.24) is 25.7 Å². The van der Waals surface area contributed by atoms with E-state index in [1.165, 1.54) is 0 Å². The summed E-state index contributed by atoms with van der Waals surface area (Å²) < 4.78 is 0. The largest absolute Gasteiger partial charge is 0.354 e. The van der Waals surface area contributed by atoms with Crippen LogP contribution in [0.15, 0.2) is 23.6 Å². The molecular weight excluding hydrogens is 288 g/mol. The molecule has 3 aromatic rings. The number of carbonyl (C=O) groups is 1. The van der Waals surface area contributed by atoms with Crippen molar-refractivity contribution in [2.45, 2.75) is 6.54 Å². The molecule has 0 aliphatic heterocycles. The Labute approximate surface area is 125 Å². The minimum absolute atomic E-state index is 0.153. The van der Waals surface area contributed by atoms with Crippen molar-refractivity contribution in [3.05, 3.63) is 34.8 Å². The van der Waals surface area contributed by atoms with Crippen LogP contribution in [0, 0.1) is 0 Å². The van der Waals surface area contributed by atoms with Crippen molar-refractivity contribution < 1.29 is 4.79 Å². The maximum Gasteiger partial charge on any atom is 0.251 e. The zero-order valence-electron chi connectivity index (χ0n) is 11.6. The van der Waals surface area contributed by atoms with Crippen molar-refractivity contribution in [2.75, 3.05) is 19.0 Å². The molecule has 1 aromatic carbocycles. The number of rotatable bonds is 4. The second-order valence-electron chi connectivity index (χ2n) is 4.73. The standard InChI is InChI=1S/C13H14N6OS/c1-19(2)13-15-9(7-21-13)6-14-12(20)8-3-4-10-11(5-8)17-18-16-10/h3-5,7H,6H2,1-2H3,(H,14,20)(H,16,17,18). The van der Waals surface area contributed by atoms with E-state index in [1.807, 2.05) is 24.4 Å². The quantitative estimate of drug-likeness (QED) is 0.761. The minimum atomic E-state index is -0.153. The maximum absolute atomic E-state index is 12.1. The molecule has 21 heavy (non-hydrogen) atoms. The third-order valence-electron chi connectivity index (χ3n) is 2.93. The number of benzene rings is 1. The third kappa shape index (κ3) is 2.84. The number of carbonyl (C=O) groups excluding carboxylic acids is 1. The molecule has 108 valence electrons. The van der Waals surface area contributed by atoms with E-state index in [-0.39, 0.29) is 5.91 Å². The molecule has 8 heteroatoms. The van der Waals surface area contributed by atoms with Gasteiger partial charge in [0.25, 0.3) is 5.91 Å². The van der Waals surface area contributed by atoms with Gasteiger partial charge in [0, 0.05) is 25.0 Å². The Hall–Kier alpha value is -2.48. The van der Waals surface area contributed by atoms with E-state index >= 15 is 0 Å². The van der Waals surface area contributed by atoms with E-state index in [1.54, 1.807) is 29.5 Å². The van der Waals surface area contributed by atoms with Crippen LogP contribution in [-0.4, -0.2) is 40.4 Å². The molecule has 0 aliphatic rings. The second-order valence-corrected chi connectivity index (χ2v) is 5.56.